The minimum absolute atomic E-state index is 0.225. The Bertz CT molecular complexity index is 1040. The van der Waals surface area contributed by atoms with E-state index in [1.54, 1.807) is 17.2 Å². The molecule has 2 aliphatic heterocycles. The Kier molecular flexibility index (Phi) is 5.95. The molecule has 9 nitrogen and oxygen atoms in total. The van der Waals surface area contributed by atoms with Gasteiger partial charge in [-0.25, -0.2) is 9.59 Å². The molecule has 0 spiro atoms. The molecule has 170 valence electrons. The van der Waals surface area contributed by atoms with Gasteiger partial charge in [0.05, 0.1) is 5.69 Å². The number of hydrogen-bond acceptors (Lipinski definition) is 6. The minimum Gasteiger partial charge on any atom is -0.328 e. The second-order valence-electron chi connectivity index (χ2n) is 9.06. The molecule has 5 rings (SSSR count). The maximum Gasteiger partial charge on any atom is 0.354 e. The summed E-state index contributed by atoms with van der Waals surface area (Å²) < 4.78 is 1.53. The summed E-state index contributed by atoms with van der Waals surface area (Å²) in [7, 11) is 0. The predicted octanol–water partition coefficient (Wildman–Crippen LogP) is 1.26. The molecule has 2 amide bonds. The maximum absolute atomic E-state index is 12.7. The molecule has 3 heterocycles. The zero-order valence-corrected chi connectivity index (χ0v) is 18.3. The van der Waals surface area contributed by atoms with Crippen LogP contribution in [0.1, 0.15) is 36.8 Å². The van der Waals surface area contributed by atoms with Crippen molar-refractivity contribution in [2.24, 2.45) is 5.73 Å². The van der Waals surface area contributed by atoms with E-state index in [1.165, 1.54) is 15.7 Å². The Morgan fingerprint density at radius 1 is 1.06 bits per heavy atom. The van der Waals surface area contributed by atoms with Crippen LogP contribution in [0.4, 0.5) is 10.6 Å². The van der Waals surface area contributed by atoms with Gasteiger partial charge in [0.15, 0.2) is 0 Å². The highest BCUT2D eigenvalue weighted by atomic mass is 16.2. The summed E-state index contributed by atoms with van der Waals surface area (Å²) in [6, 6.07) is 8.57. The Balaban J connectivity index is 1.27. The number of amides is 2. The van der Waals surface area contributed by atoms with Crippen LogP contribution in [-0.4, -0.2) is 63.6 Å². The molecule has 32 heavy (non-hydrogen) atoms. The number of urea groups is 1. The average Bonchev–Trinajstić information content (AvgIpc) is 3.23. The van der Waals surface area contributed by atoms with E-state index in [0.29, 0.717) is 25.2 Å². The van der Waals surface area contributed by atoms with Crippen LogP contribution in [0.5, 0.6) is 0 Å². The van der Waals surface area contributed by atoms with E-state index in [-0.39, 0.29) is 11.8 Å². The molecule has 1 aromatic heterocycles. The standard InChI is InChI=1S/C23H31N7O2/c24-18-2-5-19(6-3-18)29-14-16-1-4-20(13-17(16)15-29)30-10-7-21(27-23(30)32)26-22(31)28-11-8-25-9-12-28/h1,4,7,10,13,18-19,25H,2-3,5-6,8-9,11-12,14-15,24H2,(H,26,27,31,32). The van der Waals surface area contributed by atoms with Gasteiger partial charge in [0.2, 0.25) is 0 Å². The number of piperazine rings is 1. The summed E-state index contributed by atoms with van der Waals surface area (Å²) in [5, 5.41) is 5.95. The summed E-state index contributed by atoms with van der Waals surface area (Å²) in [5.74, 6) is 0.276. The number of hydrogen-bond donors (Lipinski definition) is 3. The topological polar surface area (TPSA) is 109 Å². The Morgan fingerprint density at radius 2 is 1.81 bits per heavy atom. The van der Waals surface area contributed by atoms with Crippen molar-refractivity contribution >= 4 is 11.8 Å². The van der Waals surface area contributed by atoms with Crippen LogP contribution in [0.2, 0.25) is 0 Å². The number of rotatable bonds is 3. The number of nitrogens with two attached hydrogens (primary N) is 1. The molecule has 4 N–H and O–H groups in total. The average molecular weight is 438 g/mol. The van der Waals surface area contributed by atoms with Gasteiger partial charge in [0.1, 0.15) is 5.82 Å². The SMILES string of the molecule is NC1CCC(N2Cc3ccc(-n4ccc(NC(=O)N5CCNCC5)nc4=O)cc3C2)CC1. The predicted molar refractivity (Wildman–Crippen MR) is 123 cm³/mol. The lowest BCUT2D eigenvalue weighted by Gasteiger charge is -2.33. The number of nitrogens with zero attached hydrogens (tertiary/aromatic N) is 4. The van der Waals surface area contributed by atoms with Gasteiger partial charge in [0, 0.05) is 57.5 Å². The molecule has 0 bridgehead atoms. The fraction of sp³-hybridized carbons (Fsp3) is 0.522. The van der Waals surface area contributed by atoms with Gasteiger partial charge in [-0.1, -0.05) is 6.07 Å². The molecule has 3 aliphatic rings. The summed E-state index contributed by atoms with van der Waals surface area (Å²) in [5.41, 5.74) is 9.05. The number of fused-ring (bicyclic) bond motifs is 1. The third-order valence-electron chi connectivity index (χ3n) is 6.92. The van der Waals surface area contributed by atoms with Gasteiger partial charge >= 0.3 is 11.7 Å². The molecule has 1 aromatic carbocycles. The number of anilines is 1. The molecule has 2 aromatic rings. The van der Waals surface area contributed by atoms with Crippen molar-refractivity contribution in [3.8, 4) is 5.69 Å². The Hall–Kier alpha value is -2.75. The van der Waals surface area contributed by atoms with E-state index in [4.69, 9.17) is 5.73 Å². The molecule has 0 radical (unpaired) electrons. The van der Waals surface area contributed by atoms with Crippen LogP contribution < -0.4 is 22.1 Å². The summed E-state index contributed by atoms with van der Waals surface area (Å²) in [6.07, 6.45) is 6.20. The summed E-state index contributed by atoms with van der Waals surface area (Å²) >= 11 is 0. The molecule has 0 atom stereocenters. The fourth-order valence-corrected chi connectivity index (χ4v) is 5.01. The number of nitrogens with one attached hydrogen (secondary N) is 2. The van der Waals surface area contributed by atoms with E-state index >= 15 is 0 Å². The van der Waals surface area contributed by atoms with Crippen LogP contribution in [0, 0.1) is 0 Å². The first-order valence-corrected chi connectivity index (χ1v) is 11.5. The number of aromatic nitrogens is 2. The van der Waals surface area contributed by atoms with E-state index in [2.05, 4.69) is 32.7 Å². The summed E-state index contributed by atoms with van der Waals surface area (Å²) in [6.45, 7) is 4.69. The van der Waals surface area contributed by atoms with Crippen LogP contribution >= 0.6 is 0 Å². The molecular formula is C23H31N7O2. The minimum atomic E-state index is -0.404. The lowest BCUT2D eigenvalue weighted by Crippen LogP contribution is -2.48. The molecule has 0 unspecified atom stereocenters. The third kappa shape index (κ3) is 4.41. The zero-order valence-electron chi connectivity index (χ0n) is 18.3. The van der Waals surface area contributed by atoms with Crippen LogP contribution in [-0.2, 0) is 13.1 Å². The molecule has 1 saturated heterocycles. The largest absolute Gasteiger partial charge is 0.354 e. The molecule has 2 fully saturated rings. The molecule has 9 heteroatoms. The van der Waals surface area contributed by atoms with Gasteiger partial charge in [-0.05, 0) is 55.0 Å². The Morgan fingerprint density at radius 3 is 2.56 bits per heavy atom. The molecule has 1 saturated carbocycles. The lowest BCUT2D eigenvalue weighted by atomic mass is 9.91. The quantitative estimate of drug-likeness (QED) is 0.667. The monoisotopic (exact) mass is 437 g/mol. The third-order valence-corrected chi connectivity index (χ3v) is 6.92. The van der Waals surface area contributed by atoms with Crippen molar-refractivity contribution < 1.29 is 4.79 Å². The lowest BCUT2D eigenvalue weighted by molar-refractivity contribution is 0.150. The Labute approximate surface area is 187 Å². The van der Waals surface area contributed by atoms with Crippen LogP contribution in [0.15, 0.2) is 35.3 Å². The van der Waals surface area contributed by atoms with Gasteiger partial charge in [0.25, 0.3) is 0 Å². The first-order valence-electron chi connectivity index (χ1n) is 11.5. The second-order valence-corrected chi connectivity index (χ2v) is 9.06. The second kappa shape index (κ2) is 9.01. The van der Waals surface area contributed by atoms with Crippen molar-refractivity contribution in [3.63, 3.8) is 0 Å². The number of carbonyl (C=O) groups is 1. The smallest absolute Gasteiger partial charge is 0.328 e. The van der Waals surface area contributed by atoms with Crippen molar-refractivity contribution in [1.82, 2.24) is 24.7 Å². The van der Waals surface area contributed by atoms with Crippen molar-refractivity contribution in [1.29, 1.82) is 0 Å². The fourth-order valence-electron chi connectivity index (χ4n) is 5.01. The van der Waals surface area contributed by atoms with Crippen LogP contribution in [0.25, 0.3) is 5.69 Å². The van der Waals surface area contributed by atoms with Gasteiger partial charge in [-0.2, -0.15) is 4.98 Å². The highest BCUT2D eigenvalue weighted by molar-refractivity contribution is 5.88. The van der Waals surface area contributed by atoms with E-state index in [9.17, 15) is 9.59 Å². The van der Waals surface area contributed by atoms with E-state index in [0.717, 1.165) is 57.5 Å². The maximum atomic E-state index is 12.7. The van der Waals surface area contributed by atoms with Crippen molar-refractivity contribution in [2.75, 3.05) is 31.5 Å². The molecular weight excluding hydrogens is 406 g/mol. The normalized spacial score (nSPS) is 23.7. The number of benzene rings is 1. The van der Waals surface area contributed by atoms with Gasteiger partial charge in [-0.3, -0.25) is 14.8 Å². The number of carbonyl (C=O) groups excluding carboxylic acids is 1. The first kappa shape index (κ1) is 21.1. The van der Waals surface area contributed by atoms with Gasteiger partial charge < -0.3 is 16.0 Å². The highest BCUT2D eigenvalue weighted by Crippen LogP contribution is 2.31. The van der Waals surface area contributed by atoms with Crippen molar-refractivity contribution in [2.45, 2.75) is 50.9 Å². The first-order chi connectivity index (χ1) is 15.6. The van der Waals surface area contributed by atoms with Crippen LogP contribution in [0.3, 0.4) is 0 Å². The molecule has 1 aliphatic carbocycles. The summed E-state index contributed by atoms with van der Waals surface area (Å²) in [4.78, 5) is 33.4. The zero-order chi connectivity index (χ0) is 22.1. The van der Waals surface area contributed by atoms with E-state index in [1.807, 2.05) is 6.07 Å². The van der Waals surface area contributed by atoms with E-state index < -0.39 is 5.69 Å². The van der Waals surface area contributed by atoms with Crippen molar-refractivity contribution in [3.05, 3.63) is 52.1 Å². The van der Waals surface area contributed by atoms with Gasteiger partial charge in [-0.15, -0.1) is 0 Å². The highest BCUT2D eigenvalue weighted by Gasteiger charge is 2.29.